The van der Waals surface area contributed by atoms with Gasteiger partial charge >= 0.3 is 5.51 Å². The minimum absolute atomic E-state index is 0.0426. The second kappa shape index (κ2) is 6.60. The molecule has 24 heavy (non-hydrogen) atoms. The normalized spacial score (nSPS) is 12.0. The molecule has 1 aromatic heterocycles. The van der Waals surface area contributed by atoms with Crippen LogP contribution in [0.15, 0.2) is 47.6 Å². The van der Waals surface area contributed by atoms with Crippen molar-refractivity contribution in [1.29, 1.82) is 0 Å². The van der Waals surface area contributed by atoms with Crippen molar-refractivity contribution in [3.05, 3.63) is 59.3 Å². The average molecular weight is 358 g/mol. The molecule has 2 rings (SSSR count). The van der Waals surface area contributed by atoms with Crippen LogP contribution in [0.5, 0.6) is 0 Å². The SMILES string of the molecule is Cc1cccc(CNC(=O)c2cccnc2S(=O)(=O)C(F)(F)F)c1. The van der Waals surface area contributed by atoms with Crippen molar-refractivity contribution >= 4 is 15.7 Å². The molecule has 0 radical (unpaired) electrons. The first-order valence-corrected chi connectivity index (χ1v) is 8.21. The van der Waals surface area contributed by atoms with Gasteiger partial charge in [0.15, 0.2) is 5.03 Å². The van der Waals surface area contributed by atoms with Gasteiger partial charge in [-0.15, -0.1) is 0 Å². The van der Waals surface area contributed by atoms with Gasteiger partial charge in [-0.2, -0.15) is 13.2 Å². The molecule has 1 amide bonds. The lowest BCUT2D eigenvalue weighted by Crippen LogP contribution is -2.30. The summed E-state index contributed by atoms with van der Waals surface area (Å²) in [5.74, 6) is -0.951. The third kappa shape index (κ3) is 3.73. The van der Waals surface area contributed by atoms with Crippen LogP contribution in [-0.4, -0.2) is 24.8 Å². The third-order valence-electron chi connectivity index (χ3n) is 3.11. The molecule has 0 saturated heterocycles. The van der Waals surface area contributed by atoms with E-state index in [9.17, 15) is 26.4 Å². The first-order valence-electron chi connectivity index (χ1n) is 6.73. The highest BCUT2D eigenvalue weighted by atomic mass is 32.2. The number of aryl methyl sites for hydroxylation is 1. The Bertz CT molecular complexity index is 864. The van der Waals surface area contributed by atoms with Gasteiger partial charge in [0, 0.05) is 12.7 Å². The minimum Gasteiger partial charge on any atom is -0.348 e. The Morgan fingerprint density at radius 1 is 1.21 bits per heavy atom. The lowest BCUT2D eigenvalue weighted by Gasteiger charge is -2.12. The van der Waals surface area contributed by atoms with E-state index >= 15 is 0 Å². The van der Waals surface area contributed by atoms with Crippen molar-refractivity contribution in [3.8, 4) is 0 Å². The van der Waals surface area contributed by atoms with Gasteiger partial charge in [0.2, 0.25) is 0 Å². The van der Waals surface area contributed by atoms with Crippen molar-refractivity contribution in [2.75, 3.05) is 0 Å². The van der Waals surface area contributed by atoms with Crippen LogP contribution >= 0.6 is 0 Å². The highest BCUT2D eigenvalue weighted by Gasteiger charge is 2.49. The maximum atomic E-state index is 12.7. The molecule has 5 nitrogen and oxygen atoms in total. The fraction of sp³-hybridized carbons (Fsp3) is 0.200. The number of carbonyl (C=O) groups is 1. The number of aromatic nitrogens is 1. The fourth-order valence-electron chi connectivity index (χ4n) is 1.99. The van der Waals surface area contributed by atoms with Crippen LogP contribution in [0.2, 0.25) is 0 Å². The van der Waals surface area contributed by atoms with E-state index in [0.29, 0.717) is 0 Å². The molecule has 0 aliphatic rings. The maximum Gasteiger partial charge on any atom is 0.503 e. The van der Waals surface area contributed by atoms with Crippen LogP contribution in [-0.2, 0) is 16.4 Å². The molecule has 1 heterocycles. The molecule has 0 atom stereocenters. The number of amides is 1. The molecule has 0 aliphatic carbocycles. The molecule has 0 spiro atoms. The predicted octanol–water partition coefficient (Wildman–Crippen LogP) is 2.61. The van der Waals surface area contributed by atoms with E-state index in [4.69, 9.17) is 0 Å². The van der Waals surface area contributed by atoms with Crippen LogP contribution in [0.1, 0.15) is 21.5 Å². The number of hydrogen-bond donors (Lipinski definition) is 1. The van der Waals surface area contributed by atoms with Crippen LogP contribution in [0.4, 0.5) is 13.2 Å². The van der Waals surface area contributed by atoms with Gasteiger partial charge in [-0.05, 0) is 24.6 Å². The molecule has 9 heteroatoms. The third-order valence-corrected chi connectivity index (χ3v) is 4.55. The Kier molecular flexibility index (Phi) is 4.93. The zero-order valence-corrected chi connectivity index (χ0v) is 13.3. The Morgan fingerprint density at radius 3 is 2.54 bits per heavy atom. The van der Waals surface area contributed by atoms with E-state index in [1.165, 1.54) is 6.07 Å². The van der Waals surface area contributed by atoms with Gasteiger partial charge in [0.05, 0.1) is 5.56 Å². The van der Waals surface area contributed by atoms with Crippen molar-refractivity contribution in [2.24, 2.45) is 0 Å². The molecule has 0 saturated carbocycles. The Balaban J connectivity index is 2.28. The number of nitrogens with zero attached hydrogens (tertiary/aromatic N) is 1. The largest absolute Gasteiger partial charge is 0.503 e. The van der Waals surface area contributed by atoms with Crippen molar-refractivity contribution in [2.45, 2.75) is 24.0 Å². The highest BCUT2D eigenvalue weighted by molar-refractivity contribution is 7.92. The molecule has 1 aromatic carbocycles. The second-order valence-corrected chi connectivity index (χ2v) is 6.83. The number of sulfone groups is 1. The Morgan fingerprint density at radius 2 is 1.92 bits per heavy atom. The fourth-order valence-corrected chi connectivity index (χ4v) is 2.86. The summed E-state index contributed by atoms with van der Waals surface area (Å²) in [6, 6.07) is 9.30. The van der Waals surface area contributed by atoms with E-state index < -0.39 is 31.8 Å². The molecular formula is C15H13F3N2O3S. The number of pyridine rings is 1. The van der Waals surface area contributed by atoms with E-state index in [1.807, 2.05) is 13.0 Å². The molecule has 1 N–H and O–H groups in total. The van der Waals surface area contributed by atoms with Crippen LogP contribution in [0.3, 0.4) is 0 Å². The molecule has 2 aromatic rings. The summed E-state index contributed by atoms with van der Waals surface area (Å²) >= 11 is 0. The summed E-state index contributed by atoms with van der Waals surface area (Å²) in [4.78, 5) is 15.4. The smallest absolute Gasteiger partial charge is 0.348 e. The zero-order chi connectivity index (χ0) is 18.0. The number of halogens is 3. The van der Waals surface area contributed by atoms with Gasteiger partial charge in [0.1, 0.15) is 0 Å². The van der Waals surface area contributed by atoms with Gasteiger partial charge in [0.25, 0.3) is 15.7 Å². The van der Waals surface area contributed by atoms with Crippen LogP contribution < -0.4 is 5.32 Å². The summed E-state index contributed by atoms with van der Waals surface area (Å²) in [5, 5.41) is 1.09. The lowest BCUT2D eigenvalue weighted by molar-refractivity contribution is -0.0438. The lowest BCUT2D eigenvalue weighted by atomic mass is 10.1. The first-order chi connectivity index (χ1) is 11.1. The second-order valence-electron chi connectivity index (χ2n) is 4.98. The number of alkyl halides is 3. The van der Waals surface area contributed by atoms with Crippen molar-refractivity contribution in [3.63, 3.8) is 0 Å². The quantitative estimate of drug-likeness (QED) is 0.912. The summed E-state index contributed by atoms with van der Waals surface area (Å²) in [6.45, 7) is 1.89. The van der Waals surface area contributed by atoms with E-state index in [2.05, 4.69) is 10.3 Å². The van der Waals surface area contributed by atoms with Gasteiger partial charge < -0.3 is 5.32 Å². The summed E-state index contributed by atoms with van der Waals surface area (Å²) in [7, 11) is -5.71. The standard InChI is InChI=1S/C15H13F3N2O3S/c1-10-4-2-5-11(8-10)9-20-13(21)12-6-3-7-19-14(12)24(22,23)15(16,17)18/h2-8H,9H2,1H3,(H,20,21). The number of benzene rings is 1. The van der Waals surface area contributed by atoms with Gasteiger partial charge in [-0.25, -0.2) is 13.4 Å². The average Bonchev–Trinajstić information content (AvgIpc) is 2.51. The predicted molar refractivity (Wildman–Crippen MR) is 79.8 cm³/mol. The first kappa shape index (κ1) is 17.9. The highest BCUT2D eigenvalue weighted by Crippen LogP contribution is 2.30. The molecule has 0 aliphatic heterocycles. The molecule has 0 unspecified atom stereocenters. The van der Waals surface area contributed by atoms with E-state index in [-0.39, 0.29) is 6.54 Å². The minimum atomic E-state index is -5.71. The number of hydrogen-bond acceptors (Lipinski definition) is 4. The molecule has 0 fully saturated rings. The Labute approximate surface area is 136 Å². The summed E-state index contributed by atoms with van der Waals surface area (Å²) < 4.78 is 61.2. The van der Waals surface area contributed by atoms with E-state index in [1.54, 1.807) is 18.2 Å². The number of rotatable bonds is 4. The van der Waals surface area contributed by atoms with Gasteiger partial charge in [-0.1, -0.05) is 29.8 Å². The molecular weight excluding hydrogens is 345 g/mol. The van der Waals surface area contributed by atoms with Crippen LogP contribution in [0, 0.1) is 6.92 Å². The Hall–Kier alpha value is -2.42. The molecule has 128 valence electrons. The maximum absolute atomic E-state index is 12.7. The zero-order valence-electron chi connectivity index (χ0n) is 12.5. The summed E-state index contributed by atoms with van der Waals surface area (Å²) in [6.07, 6.45) is 0.885. The van der Waals surface area contributed by atoms with Crippen molar-refractivity contribution < 1.29 is 26.4 Å². The number of nitrogens with one attached hydrogen (secondary N) is 1. The van der Waals surface area contributed by atoms with Crippen LogP contribution in [0.25, 0.3) is 0 Å². The van der Waals surface area contributed by atoms with E-state index in [0.717, 1.165) is 23.4 Å². The summed E-state index contributed by atoms with van der Waals surface area (Å²) in [5.41, 5.74) is -4.51. The van der Waals surface area contributed by atoms with Crippen molar-refractivity contribution in [1.82, 2.24) is 10.3 Å². The topological polar surface area (TPSA) is 76.1 Å². The number of carbonyl (C=O) groups excluding carboxylic acids is 1. The van der Waals surface area contributed by atoms with Gasteiger partial charge in [-0.3, -0.25) is 4.79 Å². The monoisotopic (exact) mass is 358 g/mol. The molecule has 0 bridgehead atoms.